The van der Waals surface area contributed by atoms with Crippen molar-refractivity contribution in [1.82, 2.24) is 4.90 Å². The molecule has 1 heterocycles. The Bertz CT molecular complexity index is 782. The molecule has 1 aliphatic heterocycles. The molecule has 1 N–H and O–H groups in total. The van der Waals surface area contributed by atoms with E-state index in [0.717, 1.165) is 25.5 Å². The minimum atomic E-state index is -1.11. The van der Waals surface area contributed by atoms with E-state index in [0.29, 0.717) is 17.8 Å². The molecule has 3 rings (SSSR count). The molecular weight excluding hydrogens is 326 g/mol. The highest BCUT2D eigenvalue weighted by atomic mass is 19.2. The van der Waals surface area contributed by atoms with Crippen molar-refractivity contribution in [1.29, 1.82) is 0 Å². The molecule has 1 aliphatic rings. The molecule has 132 valence electrons. The van der Waals surface area contributed by atoms with Gasteiger partial charge in [-0.25, -0.2) is 13.6 Å². The Labute approximate surface area is 145 Å². The highest BCUT2D eigenvalue weighted by Gasteiger charge is 2.28. The molecule has 0 radical (unpaired) electrons. The quantitative estimate of drug-likeness (QED) is 0.902. The summed E-state index contributed by atoms with van der Waals surface area (Å²) in [5.74, 6) is -1.93. The van der Waals surface area contributed by atoms with E-state index in [-0.39, 0.29) is 11.6 Å². The topological polar surface area (TPSA) is 43.8 Å². The van der Waals surface area contributed by atoms with Crippen molar-refractivity contribution in [3.05, 3.63) is 54.1 Å². The number of benzene rings is 2. The third kappa shape index (κ3) is 3.49. The number of nitrogens with zero attached hydrogens (tertiary/aromatic N) is 2. The first kappa shape index (κ1) is 17.4. The molecule has 0 aliphatic carbocycles. The molecule has 2 aromatic rings. The number of hydrogen-bond acceptors (Lipinski definition) is 2. The van der Waals surface area contributed by atoms with Crippen LogP contribution in [0, 0.1) is 11.6 Å². The average molecular weight is 346 g/mol. The summed E-state index contributed by atoms with van der Waals surface area (Å²) in [6.07, 6.45) is 0.829. The largest absolute Gasteiger partial charge is 0.465 e. The van der Waals surface area contributed by atoms with Gasteiger partial charge in [0.05, 0.1) is 5.69 Å². The molecule has 1 fully saturated rings. The van der Waals surface area contributed by atoms with Crippen LogP contribution in [0.25, 0.3) is 11.1 Å². The maximum atomic E-state index is 14.2. The van der Waals surface area contributed by atoms with Gasteiger partial charge in [0.15, 0.2) is 11.6 Å². The van der Waals surface area contributed by atoms with Crippen LogP contribution >= 0.6 is 0 Å². The van der Waals surface area contributed by atoms with Gasteiger partial charge in [-0.05, 0) is 38.6 Å². The summed E-state index contributed by atoms with van der Waals surface area (Å²) in [6.45, 7) is 1.22. The van der Waals surface area contributed by atoms with E-state index in [2.05, 4.69) is 4.90 Å². The Morgan fingerprint density at radius 1 is 1.20 bits per heavy atom. The molecule has 6 heteroatoms. The zero-order chi connectivity index (χ0) is 18.0. The molecule has 1 amide bonds. The van der Waals surface area contributed by atoms with Crippen molar-refractivity contribution in [3.63, 3.8) is 0 Å². The number of amides is 1. The first-order valence-electron chi connectivity index (χ1n) is 8.23. The minimum Gasteiger partial charge on any atom is -0.465 e. The molecule has 1 saturated heterocycles. The van der Waals surface area contributed by atoms with Crippen LogP contribution in [0.15, 0.2) is 42.5 Å². The van der Waals surface area contributed by atoms with Gasteiger partial charge in [0.1, 0.15) is 0 Å². The van der Waals surface area contributed by atoms with E-state index in [1.807, 2.05) is 7.05 Å². The zero-order valence-electron chi connectivity index (χ0n) is 14.0. The second-order valence-corrected chi connectivity index (χ2v) is 6.29. The van der Waals surface area contributed by atoms with Gasteiger partial charge in [0.25, 0.3) is 0 Å². The number of hydrogen-bond donors (Lipinski definition) is 1. The van der Waals surface area contributed by atoms with Crippen LogP contribution in [0.2, 0.25) is 0 Å². The highest BCUT2D eigenvalue weighted by Crippen LogP contribution is 2.34. The van der Waals surface area contributed by atoms with E-state index in [4.69, 9.17) is 0 Å². The monoisotopic (exact) mass is 346 g/mol. The van der Waals surface area contributed by atoms with Crippen LogP contribution in [-0.2, 0) is 0 Å². The Kier molecular flexibility index (Phi) is 4.99. The molecule has 4 nitrogen and oxygen atoms in total. The van der Waals surface area contributed by atoms with Crippen LogP contribution < -0.4 is 4.90 Å². The number of para-hydroxylation sites is 1. The van der Waals surface area contributed by atoms with Gasteiger partial charge in [-0.2, -0.15) is 0 Å². The Hall–Kier alpha value is -2.47. The maximum absolute atomic E-state index is 14.2. The van der Waals surface area contributed by atoms with Crippen LogP contribution in [0.4, 0.5) is 19.3 Å². The van der Waals surface area contributed by atoms with Crippen LogP contribution in [0.5, 0.6) is 0 Å². The van der Waals surface area contributed by atoms with Gasteiger partial charge in [-0.1, -0.05) is 30.3 Å². The summed E-state index contributed by atoms with van der Waals surface area (Å²) in [5.41, 5.74) is 0.781. The lowest BCUT2D eigenvalue weighted by atomic mass is 10.0. The van der Waals surface area contributed by atoms with Crippen LogP contribution in [-0.4, -0.2) is 42.3 Å². The van der Waals surface area contributed by atoms with E-state index >= 15 is 0 Å². The van der Waals surface area contributed by atoms with Crippen molar-refractivity contribution in [2.24, 2.45) is 0 Å². The second kappa shape index (κ2) is 7.19. The SMILES string of the molecule is CN1CCC[C@H]1CN(C(=O)O)c1ccccc1-c1cccc(F)c1F. The van der Waals surface area contributed by atoms with E-state index in [1.165, 1.54) is 17.0 Å². The van der Waals surface area contributed by atoms with Crippen molar-refractivity contribution in [2.75, 3.05) is 25.0 Å². The molecular formula is C19H20F2N2O2. The molecule has 1 atom stereocenters. The number of rotatable bonds is 4. The van der Waals surface area contributed by atoms with Gasteiger partial charge in [0, 0.05) is 23.7 Å². The molecule has 0 spiro atoms. The number of anilines is 1. The van der Waals surface area contributed by atoms with E-state index < -0.39 is 17.7 Å². The van der Waals surface area contributed by atoms with Gasteiger partial charge in [-0.15, -0.1) is 0 Å². The summed E-state index contributed by atoms with van der Waals surface area (Å²) < 4.78 is 27.9. The van der Waals surface area contributed by atoms with Gasteiger partial charge in [0.2, 0.25) is 0 Å². The Morgan fingerprint density at radius 2 is 1.92 bits per heavy atom. The standard InChI is InChI=1S/C19H20F2N2O2/c1-22-11-5-6-13(22)12-23(19(24)25)17-10-3-2-7-14(17)15-8-4-9-16(20)18(15)21/h2-4,7-10,13H,5-6,11-12H2,1H3,(H,24,25)/t13-/m0/s1. The summed E-state index contributed by atoms with van der Waals surface area (Å²) in [7, 11) is 1.97. The van der Waals surface area contributed by atoms with Crippen molar-refractivity contribution in [3.8, 4) is 11.1 Å². The normalized spacial score (nSPS) is 17.6. The second-order valence-electron chi connectivity index (χ2n) is 6.29. The number of halogens is 2. The lowest BCUT2D eigenvalue weighted by Gasteiger charge is -2.28. The van der Waals surface area contributed by atoms with E-state index in [9.17, 15) is 18.7 Å². The Balaban J connectivity index is 2.03. The zero-order valence-corrected chi connectivity index (χ0v) is 14.0. The van der Waals surface area contributed by atoms with Crippen LogP contribution in [0.3, 0.4) is 0 Å². The Morgan fingerprint density at radius 3 is 2.60 bits per heavy atom. The number of likely N-dealkylation sites (N-methyl/N-ethyl adjacent to an activating group) is 1. The fourth-order valence-electron chi connectivity index (χ4n) is 3.35. The number of carbonyl (C=O) groups is 1. The molecule has 0 unspecified atom stereocenters. The number of likely N-dealkylation sites (tertiary alicyclic amines) is 1. The van der Waals surface area contributed by atoms with Crippen molar-refractivity contribution in [2.45, 2.75) is 18.9 Å². The highest BCUT2D eigenvalue weighted by molar-refractivity contribution is 5.93. The fraction of sp³-hybridized carbons (Fsp3) is 0.316. The van der Waals surface area contributed by atoms with Crippen LogP contribution in [0.1, 0.15) is 12.8 Å². The van der Waals surface area contributed by atoms with Crippen molar-refractivity contribution >= 4 is 11.8 Å². The lowest BCUT2D eigenvalue weighted by Crippen LogP contribution is -2.41. The van der Waals surface area contributed by atoms with E-state index in [1.54, 1.807) is 24.3 Å². The first-order chi connectivity index (χ1) is 12.0. The molecule has 0 aromatic heterocycles. The fourth-order valence-corrected chi connectivity index (χ4v) is 3.35. The maximum Gasteiger partial charge on any atom is 0.411 e. The summed E-state index contributed by atoms with van der Waals surface area (Å²) in [6, 6.07) is 10.7. The van der Waals surface area contributed by atoms with Gasteiger partial charge >= 0.3 is 6.09 Å². The summed E-state index contributed by atoms with van der Waals surface area (Å²) >= 11 is 0. The predicted molar refractivity (Wildman–Crippen MR) is 92.8 cm³/mol. The number of carboxylic acid groups (broad SMARTS) is 1. The molecule has 0 bridgehead atoms. The summed E-state index contributed by atoms with van der Waals surface area (Å²) in [4.78, 5) is 15.2. The third-order valence-corrected chi connectivity index (χ3v) is 4.73. The smallest absolute Gasteiger partial charge is 0.411 e. The van der Waals surface area contributed by atoms with Crippen molar-refractivity contribution < 1.29 is 18.7 Å². The molecule has 2 aromatic carbocycles. The molecule has 25 heavy (non-hydrogen) atoms. The van der Waals surface area contributed by atoms with Gasteiger partial charge in [-0.3, -0.25) is 4.90 Å². The summed E-state index contributed by atoms with van der Waals surface area (Å²) in [5, 5.41) is 9.71. The van der Waals surface area contributed by atoms with Gasteiger partial charge < -0.3 is 10.0 Å². The lowest BCUT2D eigenvalue weighted by molar-refractivity contribution is 0.198. The minimum absolute atomic E-state index is 0.0571. The average Bonchev–Trinajstić information content (AvgIpc) is 3.00. The third-order valence-electron chi connectivity index (χ3n) is 4.73. The predicted octanol–water partition coefficient (Wildman–Crippen LogP) is 4.21. The first-order valence-corrected chi connectivity index (χ1v) is 8.23. The molecule has 0 saturated carbocycles.